The van der Waals surface area contributed by atoms with Gasteiger partial charge in [-0.1, -0.05) is 114 Å². The molecular formula is C44H66O6. The van der Waals surface area contributed by atoms with Crippen LogP contribution in [0.1, 0.15) is 164 Å². The number of carbonyl (C=O) groups is 2. The van der Waals surface area contributed by atoms with Gasteiger partial charge in [-0.2, -0.15) is 0 Å². The Balaban J connectivity index is 1.14. The van der Waals surface area contributed by atoms with Crippen LogP contribution in [0.15, 0.2) is 48.5 Å². The largest absolute Gasteiger partial charge is 0.461 e. The van der Waals surface area contributed by atoms with E-state index in [1.54, 1.807) is 0 Å². The maximum atomic E-state index is 12.8. The van der Waals surface area contributed by atoms with Crippen molar-refractivity contribution in [2.24, 2.45) is 11.8 Å². The van der Waals surface area contributed by atoms with E-state index in [4.69, 9.17) is 18.9 Å². The monoisotopic (exact) mass is 690 g/mol. The zero-order valence-electron chi connectivity index (χ0n) is 31.7. The number of hydrogen-bond acceptors (Lipinski definition) is 6. The lowest BCUT2D eigenvalue weighted by atomic mass is 9.77. The average molecular weight is 691 g/mol. The second kappa shape index (κ2) is 22.3. The summed E-state index contributed by atoms with van der Waals surface area (Å²) < 4.78 is 22.3. The fourth-order valence-electron chi connectivity index (χ4n) is 8.21. The second-order valence-corrected chi connectivity index (χ2v) is 15.2. The van der Waals surface area contributed by atoms with E-state index in [1.807, 2.05) is 0 Å². The van der Waals surface area contributed by atoms with Crippen LogP contribution >= 0.6 is 0 Å². The normalized spacial score (nSPS) is 22.1. The maximum Gasteiger partial charge on any atom is 0.308 e. The molecule has 0 bridgehead atoms. The van der Waals surface area contributed by atoms with Gasteiger partial charge in [0, 0.05) is 14.2 Å². The summed E-state index contributed by atoms with van der Waals surface area (Å²) in [5.74, 6) is 2.30. The third-order valence-electron chi connectivity index (χ3n) is 11.6. The van der Waals surface area contributed by atoms with Gasteiger partial charge in [0.05, 0.1) is 25.0 Å². The predicted molar refractivity (Wildman–Crippen MR) is 201 cm³/mol. The summed E-state index contributed by atoms with van der Waals surface area (Å²) in [7, 11) is 3.04. The molecule has 0 N–H and O–H groups in total. The Hall–Kier alpha value is -2.70. The van der Waals surface area contributed by atoms with Crippen molar-refractivity contribution in [2.45, 2.75) is 167 Å². The Labute approximate surface area is 303 Å². The Morgan fingerprint density at radius 1 is 0.560 bits per heavy atom. The summed E-state index contributed by atoms with van der Waals surface area (Å²) in [4.78, 5) is 25.6. The molecule has 2 atom stereocenters. The molecule has 0 spiro atoms. The highest BCUT2D eigenvalue weighted by Crippen LogP contribution is 2.39. The Bertz CT molecular complexity index is 1130. The zero-order valence-corrected chi connectivity index (χ0v) is 31.7. The van der Waals surface area contributed by atoms with Crippen molar-refractivity contribution in [1.82, 2.24) is 0 Å². The van der Waals surface area contributed by atoms with Crippen LogP contribution in [0.25, 0.3) is 0 Å². The van der Waals surface area contributed by atoms with Crippen molar-refractivity contribution in [1.29, 1.82) is 0 Å². The molecular weight excluding hydrogens is 624 g/mol. The highest BCUT2D eigenvalue weighted by atomic mass is 16.6. The van der Waals surface area contributed by atoms with Gasteiger partial charge in [-0.3, -0.25) is 9.59 Å². The summed E-state index contributed by atoms with van der Waals surface area (Å²) in [6.45, 7) is 4.96. The number of unbranched alkanes of at least 4 members (excludes halogenated alkanes) is 4. The summed E-state index contributed by atoms with van der Waals surface area (Å²) in [5.41, 5.74) is 4.72. The van der Waals surface area contributed by atoms with E-state index in [0.29, 0.717) is 11.8 Å². The van der Waals surface area contributed by atoms with E-state index in [9.17, 15) is 9.59 Å². The molecule has 50 heavy (non-hydrogen) atoms. The molecule has 0 radical (unpaired) electrons. The minimum absolute atomic E-state index is 0.00994. The van der Waals surface area contributed by atoms with Crippen LogP contribution in [0.3, 0.4) is 0 Å². The van der Waals surface area contributed by atoms with Gasteiger partial charge in [-0.05, 0) is 97.3 Å². The van der Waals surface area contributed by atoms with Crippen LogP contribution in [0.2, 0.25) is 0 Å². The average Bonchev–Trinajstić information content (AvgIpc) is 3.15. The van der Waals surface area contributed by atoms with Crippen molar-refractivity contribution in [2.75, 3.05) is 14.2 Å². The summed E-state index contributed by atoms with van der Waals surface area (Å²) in [6.07, 6.45) is 20.0. The summed E-state index contributed by atoms with van der Waals surface area (Å²) in [5, 5.41) is 0. The maximum absolute atomic E-state index is 12.8. The van der Waals surface area contributed by atoms with E-state index in [-0.39, 0.29) is 38.0 Å². The van der Waals surface area contributed by atoms with E-state index >= 15 is 0 Å². The molecule has 2 aromatic rings. The minimum atomic E-state index is -0.624. The van der Waals surface area contributed by atoms with Gasteiger partial charge in [0.25, 0.3) is 0 Å². The molecule has 0 aromatic heterocycles. The highest BCUT2D eigenvalue weighted by molar-refractivity contribution is 5.72. The van der Waals surface area contributed by atoms with Gasteiger partial charge in [-0.25, -0.2) is 0 Å². The molecule has 6 nitrogen and oxygen atoms in total. The lowest BCUT2D eigenvalue weighted by Gasteiger charge is -2.29. The SMILES string of the molecule is CCCCC[C@H]1CC[C@H](c2ccc(COC(=O)C[C@@H](OC)[C@@H](CC(=O)OCc3ccc([C@H]4CC[C@H](CCCCC)CC4)cc3)OC)cc2)CC1. The number of methoxy groups -OCH3 is 2. The van der Waals surface area contributed by atoms with Crippen LogP contribution in [0.4, 0.5) is 0 Å². The first-order valence-electron chi connectivity index (χ1n) is 20.0. The Morgan fingerprint density at radius 2 is 0.920 bits per heavy atom. The van der Waals surface area contributed by atoms with Crippen molar-refractivity contribution in [3.8, 4) is 0 Å². The highest BCUT2D eigenvalue weighted by Gasteiger charge is 2.28. The molecule has 0 amide bonds. The molecule has 6 heteroatoms. The topological polar surface area (TPSA) is 71.1 Å². The predicted octanol–water partition coefficient (Wildman–Crippen LogP) is 11.0. The first-order valence-corrected chi connectivity index (χ1v) is 20.0. The first-order chi connectivity index (χ1) is 24.4. The van der Waals surface area contributed by atoms with Gasteiger partial charge in [-0.15, -0.1) is 0 Å². The molecule has 278 valence electrons. The van der Waals surface area contributed by atoms with Crippen molar-refractivity contribution in [3.63, 3.8) is 0 Å². The Morgan fingerprint density at radius 3 is 1.24 bits per heavy atom. The molecule has 0 heterocycles. The van der Waals surface area contributed by atoms with Gasteiger partial charge in [0.15, 0.2) is 0 Å². The number of ether oxygens (including phenoxy) is 4. The van der Waals surface area contributed by atoms with Crippen LogP contribution in [-0.2, 0) is 41.8 Å². The fourth-order valence-corrected chi connectivity index (χ4v) is 8.21. The molecule has 0 unspecified atom stereocenters. The van der Waals surface area contributed by atoms with E-state index < -0.39 is 12.2 Å². The van der Waals surface area contributed by atoms with Gasteiger partial charge in [0.2, 0.25) is 0 Å². The third-order valence-corrected chi connectivity index (χ3v) is 11.6. The van der Waals surface area contributed by atoms with Gasteiger partial charge >= 0.3 is 11.9 Å². The van der Waals surface area contributed by atoms with Crippen molar-refractivity contribution < 1.29 is 28.5 Å². The number of rotatable bonds is 21. The molecule has 2 aromatic carbocycles. The standard InChI is InChI=1S/C44H66O6/c1-5-7-9-11-33-13-21-37(22-14-33)39-25-17-35(18-26-39)31-49-43(45)29-41(47-3)42(48-4)30-44(46)50-32-36-19-27-40(28-20-36)38-23-15-34(16-24-38)12-10-8-6-2/h17-20,25-28,33-34,37-38,41-42H,5-16,21-24,29-32H2,1-4H3/t33-,34-,37-,38-,41-,42-/m1/s1. The third kappa shape index (κ3) is 13.5. The molecule has 4 rings (SSSR count). The lowest BCUT2D eigenvalue weighted by molar-refractivity contribution is -0.156. The van der Waals surface area contributed by atoms with Crippen LogP contribution in [-0.4, -0.2) is 38.4 Å². The number of carbonyl (C=O) groups excluding carboxylic acids is 2. The molecule has 0 saturated heterocycles. The van der Waals surface area contributed by atoms with Gasteiger partial charge in [0.1, 0.15) is 13.2 Å². The van der Waals surface area contributed by atoms with E-state index in [1.165, 1.54) is 128 Å². The number of benzene rings is 2. The van der Waals surface area contributed by atoms with E-state index in [2.05, 4.69) is 62.4 Å². The first kappa shape index (κ1) is 40.1. The summed E-state index contributed by atoms with van der Waals surface area (Å²) in [6, 6.07) is 17.1. The lowest BCUT2D eigenvalue weighted by Crippen LogP contribution is -2.35. The minimum Gasteiger partial charge on any atom is -0.461 e. The second-order valence-electron chi connectivity index (χ2n) is 15.2. The molecule has 0 aliphatic heterocycles. The fraction of sp³-hybridized carbons (Fsp3) is 0.682. The molecule has 2 aliphatic rings. The Kier molecular flexibility index (Phi) is 17.9. The zero-order chi connectivity index (χ0) is 35.6. The molecule has 2 saturated carbocycles. The van der Waals surface area contributed by atoms with Crippen molar-refractivity contribution in [3.05, 3.63) is 70.8 Å². The van der Waals surface area contributed by atoms with Crippen LogP contribution in [0, 0.1) is 11.8 Å². The number of hydrogen-bond donors (Lipinski definition) is 0. The smallest absolute Gasteiger partial charge is 0.308 e. The van der Waals surface area contributed by atoms with E-state index in [0.717, 1.165) is 23.0 Å². The quantitative estimate of drug-likeness (QED) is 0.0959. The molecule has 2 aliphatic carbocycles. The van der Waals surface area contributed by atoms with Crippen molar-refractivity contribution >= 4 is 11.9 Å². The summed E-state index contributed by atoms with van der Waals surface area (Å²) >= 11 is 0. The van der Waals surface area contributed by atoms with Crippen LogP contribution < -0.4 is 0 Å². The van der Waals surface area contributed by atoms with Crippen LogP contribution in [0.5, 0.6) is 0 Å². The van der Waals surface area contributed by atoms with Gasteiger partial charge < -0.3 is 18.9 Å². The number of esters is 2. The molecule has 2 fully saturated rings.